The molecule has 2 amide bonds. The highest BCUT2D eigenvalue weighted by molar-refractivity contribution is 5.79. The van der Waals surface area contributed by atoms with E-state index < -0.39 is 6.10 Å². The third-order valence-corrected chi connectivity index (χ3v) is 5.17. The average molecular weight is 364 g/mol. The van der Waals surface area contributed by atoms with Crippen LogP contribution in [0.25, 0.3) is 0 Å². The highest BCUT2D eigenvalue weighted by atomic mass is 16.3. The fraction of sp³-hybridized carbons (Fsp3) is 0.722. The van der Waals surface area contributed by atoms with E-state index in [2.05, 4.69) is 5.10 Å². The Kier molecular flexibility index (Phi) is 6.26. The van der Waals surface area contributed by atoms with Crippen molar-refractivity contribution in [1.29, 1.82) is 0 Å². The van der Waals surface area contributed by atoms with Crippen molar-refractivity contribution < 1.29 is 19.8 Å². The number of carbonyl (C=O) groups excluding carboxylic acids is 2. The Morgan fingerprint density at radius 2 is 2.04 bits per heavy atom. The highest BCUT2D eigenvalue weighted by Gasteiger charge is 2.24. The highest BCUT2D eigenvalue weighted by Crippen LogP contribution is 2.19. The summed E-state index contributed by atoms with van der Waals surface area (Å²) in [5.41, 5.74) is 1.30. The van der Waals surface area contributed by atoms with E-state index in [9.17, 15) is 14.7 Å². The van der Waals surface area contributed by atoms with E-state index in [1.165, 1.54) is 0 Å². The molecular weight excluding hydrogens is 336 g/mol. The quantitative estimate of drug-likeness (QED) is 0.790. The van der Waals surface area contributed by atoms with Crippen LogP contribution in [0.1, 0.15) is 56.0 Å². The standard InChI is InChI=1S/C18H28N4O4/c23-13-16(24)15-11-14-12-21(8-4-9-22(14)19-15)18(26)6-10-20-7-3-1-2-5-17(20)25/h11,16,23-24H,1-10,12-13H2/t16-/m1/s1. The summed E-state index contributed by atoms with van der Waals surface area (Å²) in [6.07, 6.45) is 3.76. The van der Waals surface area contributed by atoms with Gasteiger partial charge in [-0.3, -0.25) is 14.3 Å². The van der Waals surface area contributed by atoms with E-state index in [0.29, 0.717) is 44.7 Å². The maximum absolute atomic E-state index is 12.7. The van der Waals surface area contributed by atoms with E-state index >= 15 is 0 Å². The second-order valence-electron chi connectivity index (χ2n) is 7.09. The van der Waals surface area contributed by atoms with Crippen LogP contribution in [0.4, 0.5) is 0 Å². The molecular formula is C18H28N4O4. The molecule has 3 rings (SSSR count). The molecule has 3 heterocycles. The molecule has 1 atom stereocenters. The van der Waals surface area contributed by atoms with Gasteiger partial charge in [0.05, 0.1) is 24.5 Å². The number of aliphatic hydroxyl groups is 2. The summed E-state index contributed by atoms with van der Waals surface area (Å²) in [5, 5.41) is 23.2. The SMILES string of the molecule is O=C1CCCCCN1CCC(=O)N1CCCn2nc([C@H](O)CO)cc2C1. The lowest BCUT2D eigenvalue weighted by atomic mass is 10.2. The molecule has 1 aromatic heterocycles. The van der Waals surface area contributed by atoms with Crippen molar-refractivity contribution in [1.82, 2.24) is 19.6 Å². The molecule has 1 fully saturated rings. The molecule has 8 heteroatoms. The zero-order valence-corrected chi connectivity index (χ0v) is 15.1. The Hall–Kier alpha value is -1.93. The van der Waals surface area contributed by atoms with Crippen LogP contribution in [0.3, 0.4) is 0 Å². The summed E-state index contributed by atoms with van der Waals surface area (Å²) in [4.78, 5) is 28.3. The van der Waals surface area contributed by atoms with Gasteiger partial charge in [-0.1, -0.05) is 6.42 Å². The first-order chi connectivity index (χ1) is 12.6. The minimum absolute atomic E-state index is 0.0425. The second-order valence-corrected chi connectivity index (χ2v) is 7.09. The number of carbonyl (C=O) groups is 2. The second kappa shape index (κ2) is 8.64. The van der Waals surface area contributed by atoms with Gasteiger partial charge < -0.3 is 20.0 Å². The number of hydrogen-bond donors (Lipinski definition) is 2. The molecule has 0 radical (unpaired) electrons. The van der Waals surface area contributed by atoms with Crippen molar-refractivity contribution in [3.8, 4) is 0 Å². The fourth-order valence-electron chi connectivity index (χ4n) is 3.62. The Bertz CT molecular complexity index is 645. The molecule has 0 spiro atoms. The van der Waals surface area contributed by atoms with Crippen LogP contribution in [0.2, 0.25) is 0 Å². The number of aliphatic hydroxyl groups excluding tert-OH is 2. The lowest BCUT2D eigenvalue weighted by Crippen LogP contribution is -2.36. The van der Waals surface area contributed by atoms with Gasteiger partial charge in [0, 0.05) is 39.0 Å². The maximum Gasteiger partial charge on any atom is 0.224 e. The van der Waals surface area contributed by atoms with Gasteiger partial charge in [0.1, 0.15) is 6.10 Å². The lowest BCUT2D eigenvalue weighted by Gasteiger charge is -2.24. The van der Waals surface area contributed by atoms with Crippen LogP contribution in [-0.2, 0) is 22.7 Å². The van der Waals surface area contributed by atoms with E-state index in [0.717, 1.165) is 37.9 Å². The van der Waals surface area contributed by atoms with E-state index in [1.54, 1.807) is 15.6 Å². The molecule has 0 unspecified atom stereocenters. The maximum atomic E-state index is 12.7. The van der Waals surface area contributed by atoms with Gasteiger partial charge >= 0.3 is 0 Å². The number of nitrogens with zero attached hydrogens (tertiary/aromatic N) is 4. The average Bonchev–Trinajstić information content (AvgIpc) is 2.79. The number of amides is 2. The summed E-state index contributed by atoms with van der Waals surface area (Å²) in [6, 6.07) is 1.75. The number of hydrogen-bond acceptors (Lipinski definition) is 5. The van der Waals surface area contributed by atoms with Gasteiger partial charge in [0.15, 0.2) is 0 Å². The molecule has 26 heavy (non-hydrogen) atoms. The summed E-state index contributed by atoms with van der Waals surface area (Å²) in [6.45, 7) is 2.65. The predicted molar refractivity (Wildman–Crippen MR) is 94.0 cm³/mol. The van der Waals surface area contributed by atoms with E-state index in [-0.39, 0.29) is 18.4 Å². The molecule has 2 aliphatic rings. The minimum Gasteiger partial charge on any atom is -0.393 e. The molecule has 2 aliphatic heterocycles. The molecule has 0 saturated carbocycles. The Morgan fingerprint density at radius 1 is 1.19 bits per heavy atom. The van der Waals surface area contributed by atoms with E-state index in [4.69, 9.17) is 5.11 Å². The van der Waals surface area contributed by atoms with Crippen molar-refractivity contribution in [3.05, 3.63) is 17.5 Å². The first kappa shape index (κ1) is 18.8. The first-order valence-corrected chi connectivity index (χ1v) is 9.49. The number of aromatic nitrogens is 2. The molecule has 0 aliphatic carbocycles. The lowest BCUT2D eigenvalue weighted by molar-refractivity contribution is -0.134. The zero-order valence-electron chi connectivity index (χ0n) is 15.1. The first-order valence-electron chi connectivity index (χ1n) is 9.49. The van der Waals surface area contributed by atoms with Gasteiger partial charge in [-0.05, 0) is 25.3 Å². The molecule has 1 aromatic rings. The third-order valence-electron chi connectivity index (χ3n) is 5.17. The van der Waals surface area contributed by atoms with Crippen LogP contribution < -0.4 is 0 Å². The molecule has 2 N–H and O–H groups in total. The summed E-state index contributed by atoms with van der Waals surface area (Å²) in [7, 11) is 0. The molecule has 144 valence electrons. The third kappa shape index (κ3) is 4.42. The number of aryl methyl sites for hydroxylation is 1. The van der Waals surface area contributed by atoms with E-state index in [1.807, 2.05) is 4.90 Å². The number of fused-ring (bicyclic) bond motifs is 1. The van der Waals surface area contributed by atoms with Crippen LogP contribution >= 0.6 is 0 Å². The largest absolute Gasteiger partial charge is 0.393 e. The van der Waals surface area contributed by atoms with Crippen molar-refractivity contribution in [3.63, 3.8) is 0 Å². The number of likely N-dealkylation sites (tertiary alicyclic amines) is 1. The summed E-state index contributed by atoms with van der Waals surface area (Å²) < 4.78 is 1.81. The predicted octanol–water partition coefficient (Wildman–Crippen LogP) is 0.434. The van der Waals surface area contributed by atoms with Gasteiger partial charge in [0.25, 0.3) is 0 Å². The van der Waals surface area contributed by atoms with Crippen LogP contribution in [0.5, 0.6) is 0 Å². The molecule has 8 nitrogen and oxygen atoms in total. The van der Waals surface area contributed by atoms with Gasteiger partial charge in [-0.25, -0.2) is 0 Å². The Balaban J connectivity index is 1.59. The van der Waals surface area contributed by atoms with Crippen LogP contribution in [-0.4, -0.2) is 67.8 Å². The van der Waals surface area contributed by atoms with Crippen molar-refractivity contribution in [2.24, 2.45) is 0 Å². The Labute approximate surface area is 153 Å². The normalized spacial score (nSPS) is 19.7. The fourth-order valence-corrected chi connectivity index (χ4v) is 3.62. The van der Waals surface area contributed by atoms with Gasteiger partial charge in [-0.2, -0.15) is 5.10 Å². The monoisotopic (exact) mass is 364 g/mol. The summed E-state index contributed by atoms with van der Waals surface area (Å²) in [5.74, 6) is 0.202. The van der Waals surface area contributed by atoms with Gasteiger partial charge in [0.2, 0.25) is 11.8 Å². The van der Waals surface area contributed by atoms with Crippen LogP contribution in [0.15, 0.2) is 6.07 Å². The molecule has 0 aromatic carbocycles. The smallest absolute Gasteiger partial charge is 0.224 e. The summed E-state index contributed by atoms with van der Waals surface area (Å²) >= 11 is 0. The van der Waals surface area contributed by atoms with Crippen molar-refractivity contribution in [2.45, 2.75) is 57.7 Å². The van der Waals surface area contributed by atoms with Crippen molar-refractivity contribution >= 4 is 11.8 Å². The molecule has 1 saturated heterocycles. The molecule has 0 bridgehead atoms. The Morgan fingerprint density at radius 3 is 2.85 bits per heavy atom. The minimum atomic E-state index is -0.993. The zero-order chi connectivity index (χ0) is 18.5. The topological polar surface area (TPSA) is 98.9 Å². The number of rotatable bonds is 5. The van der Waals surface area contributed by atoms with Crippen LogP contribution in [0, 0.1) is 0 Å². The van der Waals surface area contributed by atoms with Gasteiger partial charge in [-0.15, -0.1) is 0 Å². The van der Waals surface area contributed by atoms with Crippen molar-refractivity contribution in [2.75, 3.05) is 26.2 Å².